The average molecular weight is 364 g/mol. The van der Waals surface area contributed by atoms with Gasteiger partial charge >= 0.3 is 5.97 Å². The summed E-state index contributed by atoms with van der Waals surface area (Å²) in [5, 5.41) is 9.86. The molecule has 1 N–H and O–H groups in total. The molecule has 2 amide bonds. The Morgan fingerprint density at radius 2 is 2.16 bits per heavy atom. The van der Waals surface area contributed by atoms with E-state index in [0.717, 1.165) is 4.90 Å². The summed E-state index contributed by atoms with van der Waals surface area (Å²) in [5.41, 5.74) is -0.857. The summed E-state index contributed by atoms with van der Waals surface area (Å²) in [4.78, 5) is 38.6. The summed E-state index contributed by atoms with van der Waals surface area (Å²) in [6, 6.07) is 4.28. The van der Waals surface area contributed by atoms with Crippen LogP contribution in [0.1, 0.15) is 10.4 Å². The van der Waals surface area contributed by atoms with E-state index in [2.05, 4.69) is 4.74 Å². The van der Waals surface area contributed by atoms with E-state index in [1.165, 1.54) is 25.3 Å². The molecule has 3 heterocycles. The van der Waals surface area contributed by atoms with E-state index in [1.54, 1.807) is 12.2 Å². The Morgan fingerprint density at radius 3 is 2.84 bits per heavy atom. The molecule has 1 aromatic rings. The minimum absolute atomic E-state index is 0.0635. The van der Waals surface area contributed by atoms with Gasteiger partial charge in [-0.15, -0.1) is 0 Å². The minimum Gasteiger partial charge on any atom is -0.465 e. The molecule has 130 valence electrons. The monoisotopic (exact) mass is 363 g/mol. The maximum absolute atomic E-state index is 12.9. The Balaban J connectivity index is 1.75. The number of aliphatic hydroxyl groups is 1. The van der Waals surface area contributed by atoms with Crippen LogP contribution in [0.2, 0.25) is 5.02 Å². The van der Waals surface area contributed by atoms with Crippen molar-refractivity contribution in [2.45, 2.75) is 11.7 Å². The quantitative estimate of drug-likeness (QED) is 0.488. The lowest BCUT2D eigenvalue weighted by Gasteiger charge is -2.26. The van der Waals surface area contributed by atoms with E-state index in [1.807, 2.05) is 0 Å². The third-order valence-corrected chi connectivity index (χ3v) is 5.35. The summed E-state index contributed by atoms with van der Waals surface area (Å²) in [6.07, 6.45) is 2.81. The summed E-state index contributed by atoms with van der Waals surface area (Å²) < 4.78 is 10.3. The maximum Gasteiger partial charge on any atom is 0.339 e. The number of fused-ring (bicyclic) bond motifs is 5. The molecule has 2 bridgehead atoms. The van der Waals surface area contributed by atoms with Crippen molar-refractivity contribution in [1.29, 1.82) is 0 Å². The molecule has 0 saturated carbocycles. The van der Waals surface area contributed by atoms with Crippen LogP contribution in [0.25, 0.3) is 0 Å². The van der Waals surface area contributed by atoms with Gasteiger partial charge in [-0.2, -0.15) is 0 Å². The van der Waals surface area contributed by atoms with Crippen molar-refractivity contribution >= 4 is 35.1 Å². The SMILES string of the molecule is COC(=O)c1cc(N2C(=O)[C@H]3[C@@H](C2=O)[C@@]2(CO)C=C[C@H]3O2)ccc1Cl. The van der Waals surface area contributed by atoms with Crippen molar-refractivity contribution in [3.63, 3.8) is 0 Å². The van der Waals surface area contributed by atoms with Gasteiger partial charge in [0.25, 0.3) is 0 Å². The second kappa shape index (κ2) is 5.39. The summed E-state index contributed by atoms with van der Waals surface area (Å²) in [7, 11) is 1.22. The number of anilines is 1. The number of hydrogen-bond acceptors (Lipinski definition) is 6. The van der Waals surface area contributed by atoms with Crippen LogP contribution in [-0.4, -0.2) is 48.3 Å². The molecule has 0 radical (unpaired) electrons. The van der Waals surface area contributed by atoms with Gasteiger partial charge in [-0.1, -0.05) is 23.8 Å². The van der Waals surface area contributed by atoms with Gasteiger partial charge in [0.2, 0.25) is 11.8 Å². The van der Waals surface area contributed by atoms with Crippen molar-refractivity contribution in [2.75, 3.05) is 18.6 Å². The van der Waals surface area contributed by atoms with Gasteiger partial charge < -0.3 is 14.6 Å². The molecule has 0 unspecified atom stereocenters. The van der Waals surface area contributed by atoms with Gasteiger partial charge in [0, 0.05) is 0 Å². The van der Waals surface area contributed by atoms with Crippen LogP contribution in [0, 0.1) is 11.8 Å². The number of carbonyl (C=O) groups excluding carboxylic acids is 3. The molecule has 0 aromatic heterocycles. The molecule has 0 spiro atoms. The van der Waals surface area contributed by atoms with E-state index in [0.29, 0.717) is 0 Å². The highest BCUT2D eigenvalue weighted by atomic mass is 35.5. The van der Waals surface area contributed by atoms with Crippen molar-refractivity contribution in [3.05, 3.63) is 40.9 Å². The zero-order chi connectivity index (χ0) is 17.9. The predicted octanol–water partition coefficient (Wildman–Crippen LogP) is 0.932. The third-order valence-electron chi connectivity index (χ3n) is 5.02. The van der Waals surface area contributed by atoms with Gasteiger partial charge in [-0.05, 0) is 18.2 Å². The standard InChI is InChI=1S/C17H14ClNO6/c1-24-16(23)9-6-8(2-3-10(9)18)19-14(21)12-11-4-5-17(7-20,25-11)13(12)15(19)22/h2-6,11-13,20H,7H2,1H3/t11-,12-,13+,17+/m1/s1. The average Bonchev–Trinajstić information content (AvgIpc) is 3.26. The molecule has 7 nitrogen and oxygen atoms in total. The van der Waals surface area contributed by atoms with Crippen molar-refractivity contribution < 1.29 is 29.0 Å². The number of esters is 1. The normalized spacial score (nSPS) is 32.4. The zero-order valence-electron chi connectivity index (χ0n) is 13.1. The second-order valence-electron chi connectivity index (χ2n) is 6.23. The number of benzene rings is 1. The Hall–Kier alpha value is -2.22. The smallest absolute Gasteiger partial charge is 0.339 e. The Kier molecular flexibility index (Phi) is 3.50. The number of ether oxygens (including phenoxy) is 2. The molecule has 1 aromatic carbocycles. The first-order valence-corrected chi connectivity index (χ1v) is 8.05. The van der Waals surface area contributed by atoms with Crippen molar-refractivity contribution in [2.24, 2.45) is 11.8 Å². The molecule has 8 heteroatoms. The predicted molar refractivity (Wildman–Crippen MR) is 86.1 cm³/mol. The van der Waals surface area contributed by atoms with Crippen LogP contribution < -0.4 is 4.90 Å². The number of rotatable bonds is 3. The Labute approximate surface area is 147 Å². The van der Waals surface area contributed by atoms with Gasteiger partial charge in [0.05, 0.1) is 47.9 Å². The Bertz CT molecular complexity index is 836. The van der Waals surface area contributed by atoms with E-state index in [-0.39, 0.29) is 22.9 Å². The van der Waals surface area contributed by atoms with Crippen LogP contribution in [0.5, 0.6) is 0 Å². The highest BCUT2D eigenvalue weighted by molar-refractivity contribution is 6.34. The minimum atomic E-state index is -1.16. The number of imide groups is 1. The topological polar surface area (TPSA) is 93.1 Å². The van der Waals surface area contributed by atoms with Crippen molar-refractivity contribution in [1.82, 2.24) is 0 Å². The molecule has 0 aliphatic carbocycles. The van der Waals surface area contributed by atoms with Gasteiger partial charge in [0.15, 0.2) is 0 Å². The van der Waals surface area contributed by atoms with E-state index in [4.69, 9.17) is 16.3 Å². The highest BCUT2D eigenvalue weighted by Gasteiger charge is 2.67. The summed E-state index contributed by atoms with van der Waals surface area (Å²) >= 11 is 5.99. The zero-order valence-corrected chi connectivity index (χ0v) is 13.9. The van der Waals surface area contributed by atoms with E-state index in [9.17, 15) is 19.5 Å². The van der Waals surface area contributed by atoms with Crippen LogP contribution in [0.15, 0.2) is 30.4 Å². The number of halogens is 1. The van der Waals surface area contributed by atoms with E-state index < -0.39 is 41.3 Å². The number of hydrogen-bond donors (Lipinski definition) is 1. The molecule has 3 aliphatic rings. The molecule has 2 fully saturated rings. The summed E-state index contributed by atoms with van der Waals surface area (Å²) in [6.45, 7) is -0.387. The number of nitrogens with zero attached hydrogens (tertiary/aromatic N) is 1. The van der Waals surface area contributed by atoms with E-state index >= 15 is 0 Å². The fourth-order valence-corrected chi connectivity index (χ4v) is 4.05. The lowest BCUT2D eigenvalue weighted by molar-refractivity contribution is -0.128. The Morgan fingerprint density at radius 1 is 1.40 bits per heavy atom. The molecular formula is C17H14ClNO6. The van der Waals surface area contributed by atoms with Gasteiger partial charge in [-0.25, -0.2) is 9.69 Å². The third kappa shape index (κ3) is 2.03. The van der Waals surface area contributed by atoms with Crippen LogP contribution in [0.4, 0.5) is 5.69 Å². The first kappa shape index (κ1) is 16.3. The van der Waals surface area contributed by atoms with Gasteiger partial charge in [0.1, 0.15) is 5.60 Å². The number of carbonyl (C=O) groups is 3. The number of amides is 2. The molecule has 4 atom stereocenters. The molecule has 2 saturated heterocycles. The lowest BCUT2D eigenvalue weighted by Crippen LogP contribution is -2.43. The fraction of sp³-hybridized carbons (Fsp3) is 0.353. The lowest BCUT2D eigenvalue weighted by atomic mass is 9.77. The summed E-state index contributed by atoms with van der Waals surface area (Å²) in [5.74, 6) is -3.01. The number of methoxy groups -OCH3 is 1. The van der Waals surface area contributed by atoms with Crippen LogP contribution in [0.3, 0.4) is 0 Å². The van der Waals surface area contributed by atoms with Crippen LogP contribution in [-0.2, 0) is 19.1 Å². The largest absolute Gasteiger partial charge is 0.465 e. The first-order valence-electron chi connectivity index (χ1n) is 7.67. The first-order chi connectivity index (χ1) is 11.9. The van der Waals surface area contributed by atoms with Crippen LogP contribution >= 0.6 is 11.6 Å². The second-order valence-corrected chi connectivity index (χ2v) is 6.63. The molecular weight excluding hydrogens is 350 g/mol. The van der Waals surface area contributed by atoms with Gasteiger partial charge in [-0.3, -0.25) is 9.59 Å². The molecule has 25 heavy (non-hydrogen) atoms. The van der Waals surface area contributed by atoms with Crippen molar-refractivity contribution in [3.8, 4) is 0 Å². The highest BCUT2D eigenvalue weighted by Crippen LogP contribution is 2.52. The fourth-order valence-electron chi connectivity index (χ4n) is 3.86. The molecule has 3 aliphatic heterocycles. The maximum atomic E-state index is 12.9. The molecule has 4 rings (SSSR count). The number of aliphatic hydroxyl groups excluding tert-OH is 1.